The third-order valence-electron chi connectivity index (χ3n) is 2.88. The largest absolute Gasteiger partial charge is 0.496 e. The predicted octanol–water partition coefficient (Wildman–Crippen LogP) is 3.53. The minimum absolute atomic E-state index is 0.0326. The molecule has 20 heavy (non-hydrogen) atoms. The molecule has 0 aromatic heterocycles. The molecule has 106 valence electrons. The van der Waals surface area contributed by atoms with Crippen molar-refractivity contribution in [2.24, 2.45) is 5.73 Å². The van der Waals surface area contributed by atoms with Crippen LogP contribution in [0, 0.1) is 5.82 Å². The normalized spacial score (nSPS) is 10.4. The summed E-state index contributed by atoms with van der Waals surface area (Å²) in [5.41, 5.74) is 7.36. The Labute approximate surface area is 122 Å². The molecule has 0 saturated heterocycles. The van der Waals surface area contributed by atoms with Crippen LogP contribution in [0.1, 0.15) is 11.1 Å². The molecule has 2 aromatic rings. The summed E-state index contributed by atoms with van der Waals surface area (Å²) in [6, 6.07) is 10.2. The maximum Gasteiger partial charge on any atom is 0.183 e. The fourth-order valence-electron chi connectivity index (χ4n) is 1.82. The first-order chi connectivity index (χ1) is 9.65. The SMILES string of the molecule is COc1ccc(CN)cc1COc1cccc(Cl)c1F. The van der Waals surface area contributed by atoms with Gasteiger partial charge in [0, 0.05) is 12.1 Å². The summed E-state index contributed by atoms with van der Waals surface area (Å²) < 4.78 is 24.4. The summed E-state index contributed by atoms with van der Waals surface area (Å²) in [5, 5.41) is 0.0326. The van der Waals surface area contributed by atoms with Gasteiger partial charge in [0.05, 0.1) is 12.1 Å². The molecule has 2 rings (SSSR count). The maximum absolute atomic E-state index is 13.7. The van der Waals surface area contributed by atoms with E-state index in [4.69, 9.17) is 26.8 Å². The van der Waals surface area contributed by atoms with Crippen molar-refractivity contribution in [2.75, 3.05) is 7.11 Å². The summed E-state index contributed by atoms with van der Waals surface area (Å²) in [6.45, 7) is 0.594. The van der Waals surface area contributed by atoms with E-state index in [-0.39, 0.29) is 17.4 Å². The Bertz CT molecular complexity index is 604. The molecule has 0 fully saturated rings. The van der Waals surface area contributed by atoms with Crippen molar-refractivity contribution in [1.29, 1.82) is 0 Å². The zero-order chi connectivity index (χ0) is 14.5. The van der Waals surface area contributed by atoms with Crippen molar-refractivity contribution >= 4 is 11.6 Å². The molecule has 5 heteroatoms. The average Bonchev–Trinajstić information content (AvgIpc) is 2.48. The van der Waals surface area contributed by atoms with Crippen molar-refractivity contribution in [2.45, 2.75) is 13.2 Å². The molecule has 3 nitrogen and oxygen atoms in total. The van der Waals surface area contributed by atoms with Gasteiger partial charge in [-0.2, -0.15) is 0 Å². The average molecular weight is 296 g/mol. The van der Waals surface area contributed by atoms with Gasteiger partial charge in [0.25, 0.3) is 0 Å². The molecule has 0 heterocycles. The summed E-state index contributed by atoms with van der Waals surface area (Å²) in [6.07, 6.45) is 0. The lowest BCUT2D eigenvalue weighted by atomic mass is 10.1. The Kier molecular flexibility index (Phi) is 4.82. The van der Waals surface area contributed by atoms with Gasteiger partial charge in [-0.15, -0.1) is 0 Å². The van der Waals surface area contributed by atoms with Crippen LogP contribution in [-0.4, -0.2) is 7.11 Å². The predicted molar refractivity (Wildman–Crippen MR) is 76.6 cm³/mol. The van der Waals surface area contributed by atoms with E-state index in [0.717, 1.165) is 11.1 Å². The molecule has 0 saturated carbocycles. The third-order valence-corrected chi connectivity index (χ3v) is 3.17. The van der Waals surface area contributed by atoms with Crippen molar-refractivity contribution in [3.05, 3.63) is 58.4 Å². The monoisotopic (exact) mass is 295 g/mol. The van der Waals surface area contributed by atoms with E-state index in [1.54, 1.807) is 13.2 Å². The van der Waals surface area contributed by atoms with Gasteiger partial charge >= 0.3 is 0 Å². The molecule has 0 spiro atoms. The highest BCUT2D eigenvalue weighted by molar-refractivity contribution is 6.30. The molecule has 0 unspecified atom stereocenters. The Morgan fingerprint density at radius 1 is 1.20 bits per heavy atom. The highest BCUT2D eigenvalue weighted by Crippen LogP contribution is 2.27. The minimum atomic E-state index is -0.567. The summed E-state index contributed by atoms with van der Waals surface area (Å²) >= 11 is 5.71. The van der Waals surface area contributed by atoms with E-state index in [2.05, 4.69) is 0 Å². The highest BCUT2D eigenvalue weighted by Gasteiger charge is 2.10. The standard InChI is InChI=1S/C15H15ClFNO2/c1-19-13-6-5-10(8-18)7-11(13)9-20-14-4-2-3-12(16)15(14)17/h2-7H,8-9,18H2,1H3. The summed E-state index contributed by atoms with van der Waals surface area (Å²) in [5.74, 6) is 0.213. The van der Waals surface area contributed by atoms with E-state index in [0.29, 0.717) is 12.3 Å². The van der Waals surface area contributed by atoms with Crippen LogP contribution in [0.25, 0.3) is 0 Å². The van der Waals surface area contributed by atoms with Gasteiger partial charge in [-0.1, -0.05) is 23.7 Å². The molecule has 0 amide bonds. The maximum atomic E-state index is 13.7. The van der Waals surface area contributed by atoms with Gasteiger partial charge in [-0.25, -0.2) is 4.39 Å². The van der Waals surface area contributed by atoms with Crippen LogP contribution in [-0.2, 0) is 13.2 Å². The molecule has 0 bridgehead atoms. The second-order valence-corrected chi connectivity index (χ2v) is 4.60. The van der Waals surface area contributed by atoms with Crippen molar-refractivity contribution in [3.63, 3.8) is 0 Å². The molecule has 0 aliphatic carbocycles. The van der Waals surface area contributed by atoms with Crippen LogP contribution < -0.4 is 15.2 Å². The van der Waals surface area contributed by atoms with E-state index >= 15 is 0 Å². The molecule has 0 radical (unpaired) electrons. The lowest BCUT2D eigenvalue weighted by Crippen LogP contribution is -2.03. The van der Waals surface area contributed by atoms with E-state index in [9.17, 15) is 4.39 Å². The lowest BCUT2D eigenvalue weighted by molar-refractivity contribution is 0.282. The summed E-state index contributed by atoms with van der Waals surface area (Å²) in [7, 11) is 1.57. The zero-order valence-electron chi connectivity index (χ0n) is 11.0. The van der Waals surface area contributed by atoms with Gasteiger partial charge in [0.1, 0.15) is 12.4 Å². The van der Waals surface area contributed by atoms with Crippen LogP contribution in [0.2, 0.25) is 5.02 Å². The Hall–Kier alpha value is -1.78. The van der Waals surface area contributed by atoms with Gasteiger partial charge in [-0.05, 0) is 29.8 Å². The second-order valence-electron chi connectivity index (χ2n) is 4.19. The van der Waals surface area contributed by atoms with Crippen LogP contribution in [0.5, 0.6) is 11.5 Å². The number of rotatable bonds is 5. The quantitative estimate of drug-likeness (QED) is 0.918. The number of ether oxygens (including phenoxy) is 2. The molecule has 2 N–H and O–H groups in total. The fraction of sp³-hybridized carbons (Fsp3) is 0.200. The zero-order valence-corrected chi connectivity index (χ0v) is 11.8. The number of hydrogen-bond acceptors (Lipinski definition) is 3. The highest BCUT2D eigenvalue weighted by atomic mass is 35.5. The molecule has 0 aliphatic heterocycles. The van der Waals surface area contributed by atoms with Gasteiger partial charge < -0.3 is 15.2 Å². The minimum Gasteiger partial charge on any atom is -0.496 e. The van der Waals surface area contributed by atoms with Crippen LogP contribution in [0.15, 0.2) is 36.4 Å². The first kappa shape index (κ1) is 14.6. The molecular formula is C15H15ClFNO2. The number of methoxy groups -OCH3 is 1. The van der Waals surface area contributed by atoms with E-state index in [1.165, 1.54) is 12.1 Å². The first-order valence-electron chi connectivity index (χ1n) is 6.08. The van der Waals surface area contributed by atoms with E-state index in [1.807, 2.05) is 18.2 Å². The Morgan fingerprint density at radius 2 is 2.00 bits per heavy atom. The van der Waals surface area contributed by atoms with Crippen LogP contribution in [0.3, 0.4) is 0 Å². The van der Waals surface area contributed by atoms with Crippen molar-refractivity contribution < 1.29 is 13.9 Å². The number of hydrogen-bond donors (Lipinski definition) is 1. The Morgan fingerprint density at radius 3 is 2.70 bits per heavy atom. The fourth-order valence-corrected chi connectivity index (χ4v) is 1.99. The first-order valence-corrected chi connectivity index (χ1v) is 6.46. The molecule has 2 aromatic carbocycles. The number of nitrogens with two attached hydrogens (primary N) is 1. The van der Waals surface area contributed by atoms with Gasteiger partial charge in [-0.3, -0.25) is 0 Å². The number of halogens is 2. The third kappa shape index (κ3) is 3.21. The van der Waals surface area contributed by atoms with Crippen LogP contribution >= 0.6 is 11.6 Å². The lowest BCUT2D eigenvalue weighted by Gasteiger charge is -2.12. The smallest absolute Gasteiger partial charge is 0.183 e. The molecular weight excluding hydrogens is 281 g/mol. The van der Waals surface area contributed by atoms with Crippen molar-refractivity contribution in [1.82, 2.24) is 0 Å². The van der Waals surface area contributed by atoms with E-state index < -0.39 is 5.82 Å². The summed E-state index contributed by atoms with van der Waals surface area (Å²) in [4.78, 5) is 0. The van der Waals surface area contributed by atoms with Crippen LogP contribution in [0.4, 0.5) is 4.39 Å². The Balaban J connectivity index is 2.19. The molecule has 0 atom stereocenters. The number of benzene rings is 2. The molecule has 0 aliphatic rings. The van der Waals surface area contributed by atoms with Gasteiger partial charge in [0.2, 0.25) is 0 Å². The topological polar surface area (TPSA) is 44.5 Å². The second kappa shape index (κ2) is 6.59. The van der Waals surface area contributed by atoms with Gasteiger partial charge in [0.15, 0.2) is 11.6 Å². The van der Waals surface area contributed by atoms with Crippen molar-refractivity contribution in [3.8, 4) is 11.5 Å².